The minimum atomic E-state index is 0.160. The number of piperidine rings is 1. The number of hydrogen-bond acceptors (Lipinski definition) is 4. The van der Waals surface area contributed by atoms with Crippen molar-refractivity contribution in [1.82, 2.24) is 14.9 Å². The second-order valence-corrected chi connectivity index (χ2v) is 8.29. The van der Waals surface area contributed by atoms with E-state index in [0.717, 1.165) is 38.0 Å². The summed E-state index contributed by atoms with van der Waals surface area (Å²) in [5, 5.41) is 1.21. The maximum absolute atomic E-state index is 12.9. The molecular formula is C19H23N3OS. The lowest BCUT2D eigenvalue weighted by atomic mass is 9.98. The van der Waals surface area contributed by atoms with Crippen molar-refractivity contribution in [3.05, 3.63) is 45.7 Å². The monoisotopic (exact) mass is 341 g/mol. The zero-order chi connectivity index (χ0) is 16.7. The molecule has 0 N–H and O–H groups in total. The van der Waals surface area contributed by atoms with Crippen LogP contribution in [0.3, 0.4) is 0 Å². The molecule has 24 heavy (non-hydrogen) atoms. The molecule has 1 saturated heterocycles. The molecule has 1 amide bonds. The van der Waals surface area contributed by atoms with E-state index in [9.17, 15) is 4.79 Å². The highest BCUT2D eigenvalue weighted by molar-refractivity contribution is 7.11. The van der Waals surface area contributed by atoms with Crippen LogP contribution in [-0.2, 0) is 4.79 Å². The van der Waals surface area contributed by atoms with Crippen LogP contribution in [0.25, 0.3) is 0 Å². The highest BCUT2D eigenvalue weighted by atomic mass is 32.1. The first-order valence-corrected chi connectivity index (χ1v) is 9.57. The molecule has 1 aliphatic heterocycles. The van der Waals surface area contributed by atoms with Gasteiger partial charge in [0.05, 0.1) is 10.7 Å². The normalized spacial score (nSPS) is 26.4. The quantitative estimate of drug-likeness (QED) is 0.856. The van der Waals surface area contributed by atoms with Crippen LogP contribution in [0.4, 0.5) is 0 Å². The van der Waals surface area contributed by atoms with Crippen molar-refractivity contribution in [2.24, 2.45) is 5.92 Å². The van der Waals surface area contributed by atoms with Crippen LogP contribution in [0.2, 0.25) is 0 Å². The van der Waals surface area contributed by atoms with Gasteiger partial charge in [0, 0.05) is 42.2 Å². The van der Waals surface area contributed by atoms with Crippen molar-refractivity contribution in [3.8, 4) is 0 Å². The van der Waals surface area contributed by atoms with E-state index < -0.39 is 0 Å². The summed E-state index contributed by atoms with van der Waals surface area (Å²) in [6.07, 6.45) is 6.89. The fraction of sp³-hybridized carbons (Fsp3) is 0.526. The average Bonchev–Trinajstić information content (AvgIpc) is 3.35. The van der Waals surface area contributed by atoms with Crippen molar-refractivity contribution in [2.75, 3.05) is 13.1 Å². The number of nitrogens with zero attached hydrogens (tertiary/aromatic N) is 3. The van der Waals surface area contributed by atoms with Crippen LogP contribution < -0.4 is 0 Å². The number of amides is 1. The fourth-order valence-electron chi connectivity index (χ4n) is 3.72. The summed E-state index contributed by atoms with van der Waals surface area (Å²) in [6, 6.07) is 4.05. The number of rotatable bonds is 3. The third-order valence-corrected chi connectivity index (χ3v) is 6.58. The molecule has 2 aliphatic rings. The molecule has 0 spiro atoms. The van der Waals surface area contributed by atoms with E-state index >= 15 is 0 Å². The molecule has 0 unspecified atom stereocenters. The first-order valence-electron chi connectivity index (χ1n) is 8.76. The van der Waals surface area contributed by atoms with Gasteiger partial charge >= 0.3 is 0 Å². The Morgan fingerprint density at radius 3 is 2.96 bits per heavy atom. The first kappa shape index (κ1) is 15.8. The smallest absolute Gasteiger partial charge is 0.226 e. The van der Waals surface area contributed by atoms with E-state index in [2.05, 4.69) is 29.8 Å². The van der Waals surface area contributed by atoms with Crippen molar-refractivity contribution >= 4 is 17.2 Å². The highest BCUT2D eigenvalue weighted by Crippen LogP contribution is 2.48. The van der Waals surface area contributed by atoms with Crippen LogP contribution in [0.15, 0.2) is 24.5 Å². The number of likely N-dealkylation sites (tertiary alicyclic amines) is 1. The predicted molar refractivity (Wildman–Crippen MR) is 95.2 cm³/mol. The van der Waals surface area contributed by atoms with Crippen LogP contribution in [0.5, 0.6) is 0 Å². The summed E-state index contributed by atoms with van der Waals surface area (Å²) in [5.74, 6) is 1.28. The van der Waals surface area contributed by atoms with E-state index in [4.69, 9.17) is 4.98 Å². The summed E-state index contributed by atoms with van der Waals surface area (Å²) in [6.45, 7) is 5.94. The molecule has 4 nitrogen and oxygen atoms in total. The Bertz CT molecular complexity index is 723. The number of pyridine rings is 1. The number of hydrogen-bond donors (Lipinski definition) is 0. The Labute approximate surface area is 146 Å². The number of aromatic nitrogens is 2. The van der Waals surface area contributed by atoms with Crippen molar-refractivity contribution in [1.29, 1.82) is 0 Å². The Morgan fingerprint density at radius 1 is 1.38 bits per heavy atom. The molecule has 5 heteroatoms. The van der Waals surface area contributed by atoms with Gasteiger partial charge in [-0.1, -0.05) is 6.07 Å². The summed E-state index contributed by atoms with van der Waals surface area (Å²) >= 11 is 1.80. The molecule has 2 aromatic rings. The third kappa shape index (κ3) is 2.97. The van der Waals surface area contributed by atoms with Crippen LogP contribution in [0.1, 0.15) is 52.2 Å². The van der Waals surface area contributed by atoms with Crippen LogP contribution in [-0.4, -0.2) is 33.9 Å². The van der Waals surface area contributed by atoms with E-state index in [1.165, 1.54) is 15.4 Å². The largest absolute Gasteiger partial charge is 0.342 e. The van der Waals surface area contributed by atoms with Crippen molar-refractivity contribution in [3.63, 3.8) is 0 Å². The van der Waals surface area contributed by atoms with Gasteiger partial charge in [0.1, 0.15) is 0 Å². The number of carbonyl (C=O) groups excluding carboxylic acids is 1. The Balaban J connectivity index is 1.42. The molecule has 3 heterocycles. The predicted octanol–water partition coefficient (Wildman–Crippen LogP) is 3.66. The van der Waals surface area contributed by atoms with Crippen molar-refractivity contribution in [2.45, 2.75) is 44.9 Å². The zero-order valence-corrected chi connectivity index (χ0v) is 15.1. The Kier molecular flexibility index (Phi) is 4.12. The molecular weight excluding hydrogens is 318 g/mol. The molecule has 1 saturated carbocycles. The van der Waals surface area contributed by atoms with Gasteiger partial charge < -0.3 is 4.90 Å². The summed E-state index contributed by atoms with van der Waals surface area (Å²) in [7, 11) is 0. The number of aryl methyl sites for hydroxylation is 2. The van der Waals surface area contributed by atoms with Crippen LogP contribution in [0, 0.1) is 19.8 Å². The van der Waals surface area contributed by atoms with E-state index in [1.54, 1.807) is 17.5 Å². The molecule has 0 aromatic carbocycles. The van der Waals surface area contributed by atoms with Gasteiger partial charge in [0.25, 0.3) is 0 Å². The molecule has 3 atom stereocenters. The summed E-state index contributed by atoms with van der Waals surface area (Å²) in [5.41, 5.74) is 2.34. The molecule has 2 aromatic heterocycles. The lowest BCUT2D eigenvalue weighted by molar-refractivity contribution is -0.133. The van der Waals surface area contributed by atoms with Crippen LogP contribution >= 0.6 is 11.3 Å². The minimum absolute atomic E-state index is 0.160. The maximum atomic E-state index is 12.9. The Morgan fingerprint density at radius 2 is 2.25 bits per heavy atom. The number of carbonyl (C=O) groups is 1. The molecule has 1 aliphatic carbocycles. The van der Waals surface area contributed by atoms with Gasteiger partial charge in [0.15, 0.2) is 0 Å². The lowest BCUT2D eigenvalue weighted by Gasteiger charge is -2.32. The standard InChI is InChI=1S/C19H23N3OS/c1-12-13(2)24-18(21-12)15-6-4-8-22(11-15)19(23)17-9-16(17)14-5-3-7-20-10-14/h3,5,7,10,15-17H,4,6,8-9,11H2,1-2H3/t15-,16+,17-/m1/s1. The Hall–Kier alpha value is -1.75. The third-order valence-electron chi connectivity index (χ3n) is 5.35. The molecule has 126 valence electrons. The van der Waals surface area contributed by atoms with Gasteiger partial charge in [0.2, 0.25) is 5.91 Å². The summed E-state index contributed by atoms with van der Waals surface area (Å²) in [4.78, 5) is 25.2. The van der Waals surface area contributed by atoms with Gasteiger partial charge in [-0.15, -0.1) is 11.3 Å². The van der Waals surface area contributed by atoms with Gasteiger partial charge in [-0.05, 0) is 50.7 Å². The highest BCUT2D eigenvalue weighted by Gasteiger charge is 2.46. The molecule has 0 radical (unpaired) electrons. The van der Waals surface area contributed by atoms with Crippen molar-refractivity contribution < 1.29 is 4.79 Å². The van der Waals surface area contributed by atoms with E-state index in [0.29, 0.717) is 17.7 Å². The molecule has 2 fully saturated rings. The maximum Gasteiger partial charge on any atom is 0.226 e. The van der Waals surface area contributed by atoms with E-state index in [1.807, 2.05) is 12.3 Å². The van der Waals surface area contributed by atoms with Gasteiger partial charge in [-0.3, -0.25) is 9.78 Å². The first-order chi connectivity index (χ1) is 11.6. The topological polar surface area (TPSA) is 46.1 Å². The molecule has 4 rings (SSSR count). The lowest BCUT2D eigenvalue weighted by Crippen LogP contribution is -2.40. The van der Waals surface area contributed by atoms with Gasteiger partial charge in [-0.2, -0.15) is 0 Å². The average molecular weight is 341 g/mol. The molecule has 0 bridgehead atoms. The second kappa shape index (κ2) is 6.28. The number of thiazole rings is 1. The SMILES string of the molecule is Cc1nc([C@@H]2CCCN(C(=O)[C@@H]3C[C@H]3c3cccnc3)C2)sc1C. The van der Waals surface area contributed by atoms with Gasteiger partial charge in [-0.25, -0.2) is 4.98 Å². The fourth-order valence-corrected chi connectivity index (χ4v) is 4.77. The summed E-state index contributed by atoms with van der Waals surface area (Å²) < 4.78 is 0. The second-order valence-electron chi connectivity index (χ2n) is 7.05. The zero-order valence-electron chi connectivity index (χ0n) is 14.2. The van der Waals surface area contributed by atoms with E-state index in [-0.39, 0.29) is 5.92 Å². The minimum Gasteiger partial charge on any atom is -0.342 e.